The first kappa shape index (κ1) is 17.5. The number of nitrogens with zero attached hydrogens (tertiary/aromatic N) is 1. The van der Waals surface area contributed by atoms with E-state index in [9.17, 15) is 4.79 Å². The van der Waals surface area contributed by atoms with Crippen LogP contribution in [0, 0.1) is 0 Å². The van der Waals surface area contributed by atoms with Gasteiger partial charge in [0.2, 0.25) is 12.7 Å². The summed E-state index contributed by atoms with van der Waals surface area (Å²) in [6, 6.07) is 9.75. The van der Waals surface area contributed by atoms with Crippen molar-refractivity contribution >= 4 is 5.91 Å². The Bertz CT molecular complexity index is 879. The first-order valence-corrected chi connectivity index (χ1v) is 9.03. The van der Waals surface area contributed by atoms with Gasteiger partial charge in [0.15, 0.2) is 23.0 Å². The minimum Gasteiger partial charge on any atom is -0.493 e. The van der Waals surface area contributed by atoms with E-state index in [0.29, 0.717) is 24.6 Å². The van der Waals surface area contributed by atoms with Crippen LogP contribution >= 0.6 is 0 Å². The van der Waals surface area contributed by atoms with Crippen molar-refractivity contribution in [2.45, 2.75) is 25.8 Å². The van der Waals surface area contributed by atoms with Crippen molar-refractivity contribution in [2.75, 3.05) is 27.6 Å². The minimum atomic E-state index is -0.203. The zero-order valence-corrected chi connectivity index (χ0v) is 15.8. The second-order valence-corrected chi connectivity index (χ2v) is 6.79. The Hall–Kier alpha value is -2.89. The highest BCUT2D eigenvalue weighted by Crippen LogP contribution is 2.40. The first-order valence-electron chi connectivity index (χ1n) is 9.03. The average molecular weight is 369 g/mol. The highest BCUT2D eigenvalue weighted by atomic mass is 16.7. The molecule has 4 rings (SSSR count). The molecule has 2 heterocycles. The maximum atomic E-state index is 12.9. The lowest BCUT2D eigenvalue weighted by atomic mass is 9.89. The molecule has 1 unspecified atom stereocenters. The van der Waals surface area contributed by atoms with Crippen LogP contribution in [-0.2, 0) is 17.8 Å². The van der Waals surface area contributed by atoms with E-state index in [1.807, 2.05) is 42.2 Å². The number of fused-ring (bicyclic) bond motifs is 2. The summed E-state index contributed by atoms with van der Waals surface area (Å²) in [5.74, 6) is 2.87. The van der Waals surface area contributed by atoms with Crippen LogP contribution in [0.2, 0.25) is 0 Å². The van der Waals surface area contributed by atoms with Gasteiger partial charge in [-0.1, -0.05) is 12.1 Å². The molecule has 0 saturated heterocycles. The standard InChI is InChI=1S/C21H23NO5/c1-13-15-5-7-18(24-2)20(25-3)16(15)11-22(21(13)23)9-8-14-4-6-17-19(10-14)27-12-26-17/h4-7,10,13H,8-9,11-12H2,1-3H3. The lowest BCUT2D eigenvalue weighted by molar-refractivity contribution is -0.134. The van der Waals surface area contributed by atoms with Crippen LogP contribution in [0.15, 0.2) is 30.3 Å². The molecule has 1 atom stereocenters. The lowest BCUT2D eigenvalue weighted by Crippen LogP contribution is -2.39. The molecule has 2 aliphatic heterocycles. The Morgan fingerprint density at radius 3 is 2.70 bits per heavy atom. The molecule has 6 nitrogen and oxygen atoms in total. The number of hydrogen-bond acceptors (Lipinski definition) is 5. The molecule has 6 heteroatoms. The second kappa shape index (κ2) is 7.02. The summed E-state index contributed by atoms with van der Waals surface area (Å²) in [7, 11) is 3.26. The topological polar surface area (TPSA) is 57.2 Å². The highest BCUT2D eigenvalue weighted by molar-refractivity contribution is 5.86. The smallest absolute Gasteiger partial charge is 0.231 e. The fourth-order valence-corrected chi connectivity index (χ4v) is 3.80. The van der Waals surface area contributed by atoms with E-state index < -0.39 is 0 Å². The van der Waals surface area contributed by atoms with E-state index in [2.05, 4.69) is 0 Å². The van der Waals surface area contributed by atoms with Crippen molar-refractivity contribution < 1.29 is 23.7 Å². The van der Waals surface area contributed by atoms with Crippen LogP contribution in [0.3, 0.4) is 0 Å². The summed E-state index contributed by atoms with van der Waals surface area (Å²) in [5, 5.41) is 0. The largest absolute Gasteiger partial charge is 0.493 e. The summed E-state index contributed by atoms with van der Waals surface area (Å²) >= 11 is 0. The predicted molar refractivity (Wildman–Crippen MR) is 99.6 cm³/mol. The fourth-order valence-electron chi connectivity index (χ4n) is 3.80. The summed E-state index contributed by atoms with van der Waals surface area (Å²) in [6.45, 7) is 3.35. The quantitative estimate of drug-likeness (QED) is 0.811. The van der Waals surface area contributed by atoms with E-state index >= 15 is 0 Å². The van der Waals surface area contributed by atoms with Crippen LogP contribution in [0.5, 0.6) is 23.0 Å². The number of carbonyl (C=O) groups is 1. The van der Waals surface area contributed by atoms with Crippen LogP contribution in [0.1, 0.15) is 29.5 Å². The second-order valence-electron chi connectivity index (χ2n) is 6.79. The highest BCUT2D eigenvalue weighted by Gasteiger charge is 2.32. The molecule has 142 valence electrons. The molecular weight excluding hydrogens is 346 g/mol. The van der Waals surface area contributed by atoms with Crippen molar-refractivity contribution in [2.24, 2.45) is 0 Å². The van der Waals surface area contributed by atoms with Gasteiger partial charge in [0, 0.05) is 18.7 Å². The minimum absolute atomic E-state index is 0.135. The molecular formula is C21H23NO5. The third kappa shape index (κ3) is 3.05. The summed E-state index contributed by atoms with van der Waals surface area (Å²) in [6.07, 6.45) is 0.747. The molecule has 0 spiro atoms. The number of ether oxygens (including phenoxy) is 4. The van der Waals surface area contributed by atoms with Crippen molar-refractivity contribution in [3.63, 3.8) is 0 Å². The maximum Gasteiger partial charge on any atom is 0.231 e. The lowest BCUT2D eigenvalue weighted by Gasteiger charge is -2.34. The van der Waals surface area contributed by atoms with Gasteiger partial charge in [-0.3, -0.25) is 4.79 Å². The average Bonchev–Trinajstić information content (AvgIpc) is 3.16. The van der Waals surface area contributed by atoms with Crippen LogP contribution < -0.4 is 18.9 Å². The number of hydrogen-bond donors (Lipinski definition) is 0. The zero-order chi connectivity index (χ0) is 19.0. The van der Waals surface area contributed by atoms with Gasteiger partial charge in [0.25, 0.3) is 0 Å². The molecule has 0 saturated carbocycles. The Morgan fingerprint density at radius 1 is 1.11 bits per heavy atom. The third-order valence-electron chi connectivity index (χ3n) is 5.29. The zero-order valence-electron chi connectivity index (χ0n) is 15.8. The monoisotopic (exact) mass is 369 g/mol. The molecule has 2 aromatic carbocycles. The van der Waals surface area contributed by atoms with E-state index in [0.717, 1.165) is 34.6 Å². The van der Waals surface area contributed by atoms with Gasteiger partial charge in [0.1, 0.15) is 0 Å². The Balaban J connectivity index is 1.55. The van der Waals surface area contributed by atoms with Gasteiger partial charge in [-0.05, 0) is 42.7 Å². The molecule has 0 N–H and O–H groups in total. The normalized spacial score (nSPS) is 17.7. The molecule has 2 aliphatic rings. The van der Waals surface area contributed by atoms with Gasteiger partial charge in [-0.15, -0.1) is 0 Å². The molecule has 0 aromatic heterocycles. The summed E-state index contributed by atoms with van der Waals surface area (Å²) in [5.41, 5.74) is 3.15. The Labute approximate surface area is 158 Å². The van der Waals surface area contributed by atoms with Crippen molar-refractivity contribution in [1.29, 1.82) is 0 Å². The third-order valence-corrected chi connectivity index (χ3v) is 5.29. The summed E-state index contributed by atoms with van der Waals surface area (Å²) in [4.78, 5) is 14.7. The van der Waals surface area contributed by atoms with Gasteiger partial charge in [-0.2, -0.15) is 0 Å². The molecule has 0 radical (unpaired) electrons. The van der Waals surface area contributed by atoms with Crippen molar-refractivity contribution in [3.8, 4) is 23.0 Å². The van der Waals surface area contributed by atoms with Crippen molar-refractivity contribution in [3.05, 3.63) is 47.0 Å². The number of benzene rings is 2. The molecule has 27 heavy (non-hydrogen) atoms. The predicted octanol–water partition coefficient (Wildman–Crippen LogP) is 3.12. The summed E-state index contributed by atoms with van der Waals surface area (Å²) < 4.78 is 21.8. The molecule has 0 fully saturated rings. The number of methoxy groups -OCH3 is 2. The van der Waals surface area contributed by atoms with Crippen LogP contribution in [0.4, 0.5) is 0 Å². The number of carbonyl (C=O) groups excluding carboxylic acids is 1. The van der Waals surface area contributed by atoms with Gasteiger partial charge >= 0.3 is 0 Å². The Kier molecular flexibility index (Phi) is 4.56. The fraction of sp³-hybridized carbons (Fsp3) is 0.381. The van der Waals surface area contributed by atoms with Gasteiger partial charge < -0.3 is 23.8 Å². The van der Waals surface area contributed by atoms with Gasteiger partial charge in [-0.25, -0.2) is 0 Å². The first-order chi connectivity index (χ1) is 13.1. The molecule has 0 aliphatic carbocycles. The van der Waals surface area contributed by atoms with E-state index in [4.69, 9.17) is 18.9 Å². The molecule has 2 aromatic rings. The van der Waals surface area contributed by atoms with E-state index in [-0.39, 0.29) is 18.6 Å². The van der Waals surface area contributed by atoms with E-state index in [1.54, 1.807) is 14.2 Å². The Morgan fingerprint density at radius 2 is 1.93 bits per heavy atom. The van der Waals surface area contributed by atoms with Crippen molar-refractivity contribution in [1.82, 2.24) is 4.90 Å². The van der Waals surface area contributed by atoms with Crippen LogP contribution in [0.25, 0.3) is 0 Å². The SMILES string of the molecule is COc1ccc2c(c1OC)CN(CCc1ccc3c(c1)OCO3)C(=O)C2C. The number of amides is 1. The number of rotatable bonds is 5. The molecule has 0 bridgehead atoms. The van der Waals surface area contributed by atoms with Crippen LogP contribution in [-0.4, -0.2) is 38.4 Å². The molecule has 1 amide bonds. The van der Waals surface area contributed by atoms with Gasteiger partial charge in [0.05, 0.1) is 20.1 Å². The van der Waals surface area contributed by atoms with E-state index in [1.165, 1.54) is 0 Å². The maximum absolute atomic E-state index is 12.9.